The van der Waals surface area contributed by atoms with Gasteiger partial charge in [-0.1, -0.05) is 6.07 Å². The van der Waals surface area contributed by atoms with Crippen LogP contribution in [0, 0.1) is 0 Å². The molecule has 0 saturated carbocycles. The van der Waals surface area contributed by atoms with Gasteiger partial charge in [-0.25, -0.2) is 9.97 Å². The van der Waals surface area contributed by atoms with Gasteiger partial charge in [0.1, 0.15) is 12.1 Å². The van der Waals surface area contributed by atoms with E-state index in [9.17, 15) is 4.79 Å². The van der Waals surface area contributed by atoms with Crippen molar-refractivity contribution in [2.75, 3.05) is 0 Å². The zero-order chi connectivity index (χ0) is 17.1. The van der Waals surface area contributed by atoms with Gasteiger partial charge >= 0.3 is 0 Å². The van der Waals surface area contributed by atoms with Crippen LogP contribution >= 0.6 is 0 Å². The van der Waals surface area contributed by atoms with Crippen LogP contribution < -0.4 is 5.32 Å². The summed E-state index contributed by atoms with van der Waals surface area (Å²) in [6.07, 6.45) is 11.5. The van der Waals surface area contributed by atoms with Gasteiger partial charge in [-0.3, -0.25) is 14.5 Å². The van der Waals surface area contributed by atoms with Gasteiger partial charge in [-0.05, 0) is 12.1 Å². The first-order chi connectivity index (χ1) is 12.3. The minimum atomic E-state index is -0.231. The molecule has 0 fully saturated rings. The SMILES string of the molecule is O=C(NCc1cccnc1-n1ccnc1)c1cn[nH]c1-c1ccoc1. The zero-order valence-electron chi connectivity index (χ0n) is 13.1. The Balaban J connectivity index is 1.54. The fraction of sp³-hybridized carbons (Fsp3) is 0.0588. The summed E-state index contributed by atoms with van der Waals surface area (Å²) in [4.78, 5) is 20.9. The van der Waals surface area contributed by atoms with Crippen LogP contribution in [0.3, 0.4) is 0 Å². The second-order valence-electron chi connectivity index (χ2n) is 5.31. The molecule has 0 atom stereocenters. The van der Waals surface area contributed by atoms with Crippen LogP contribution in [0.15, 0.2) is 66.3 Å². The van der Waals surface area contributed by atoms with Crippen molar-refractivity contribution >= 4 is 5.91 Å². The fourth-order valence-electron chi connectivity index (χ4n) is 2.54. The summed E-state index contributed by atoms with van der Waals surface area (Å²) in [5, 5.41) is 9.69. The van der Waals surface area contributed by atoms with Crippen LogP contribution in [-0.4, -0.2) is 30.6 Å². The summed E-state index contributed by atoms with van der Waals surface area (Å²) in [6, 6.07) is 5.51. The average Bonchev–Trinajstić information content (AvgIpc) is 3.41. The normalized spacial score (nSPS) is 10.7. The number of hydrogen-bond donors (Lipinski definition) is 2. The molecular formula is C17H14N6O2. The quantitative estimate of drug-likeness (QED) is 0.582. The predicted molar refractivity (Wildman–Crippen MR) is 88.8 cm³/mol. The number of nitrogens with one attached hydrogen (secondary N) is 2. The van der Waals surface area contributed by atoms with Crippen LogP contribution in [-0.2, 0) is 6.54 Å². The van der Waals surface area contributed by atoms with E-state index in [0.717, 1.165) is 16.9 Å². The van der Waals surface area contributed by atoms with Crippen LogP contribution in [0.25, 0.3) is 17.1 Å². The van der Waals surface area contributed by atoms with E-state index in [4.69, 9.17) is 4.42 Å². The second kappa shape index (κ2) is 6.44. The van der Waals surface area contributed by atoms with E-state index in [0.29, 0.717) is 17.8 Å². The molecule has 0 aliphatic heterocycles. The Labute approximate surface area is 142 Å². The van der Waals surface area contributed by atoms with Gasteiger partial charge in [0.25, 0.3) is 5.91 Å². The van der Waals surface area contributed by atoms with E-state index in [-0.39, 0.29) is 5.91 Å². The molecule has 4 heterocycles. The highest BCUT2D eigenvalue weighted by Crippen LogP contribution is 2.21. The van der Waals surface area contributed by atoms with Crippen molar-refractivity contribution in [3.63, 3.8) is 0 Å². The summed E-state index contributed by atoms with van der Waals surface area (Å²) >= 11 is 0. The van der Waals surface area contributed by atoms with Gasteiger partial charge in [0, 0.05) is 36.3 Å². The third kappa shape index (κ3) is 2.92. The van der Waals surface area contributed by atoms with Crippen LogP contribution in [0.4, 0.5) is 0 Å². The standard InChI is InChI=1S/C17H14N6O2/c24-17(14-9-21-22-15(14)13-3-7-25-10-13)20-8-12-2-1-4-19-16(12)23-6-5-18-11-23/h1-7,9-11H,8H2,(H,20,24)(H,21,22). The number of furan rings is 1. The summed E-state index contributed by atoms with van der Waals surface area (Å²) < 4.78 is 6.86. The highest BCUT2D eigenvalue weighted by molar-refractivity contribution is 5.99. The van der Waals surface area contributed by atoms with Crippen LogP contribution in [0.2, 0.25) is 0 Å². The van der Waals surface area contributed by atoms with E-state index in [1.165, 1.54) is 6.20 Å². The van der Waals surface area contributed by atoms with Crippen molar-refractivity contribution in [3.05, 3.63) is 73.0 Å². The third-order valence-corrected chi connectivity index (χ3v) is 3.75. The molecule has 0 spiro atoms. The third-order valence-electron chi connectivity index (χ3n) is 3.75. The second-order valence-corrected chi connectivity index (χ2v) is 5.31. The smallest absolute Gasteiger partial charge is 0.255 e. The number of amides is 1. The highest BCUT2D eigenvalue weighted by Gasteiger charge is 2.16. The maximum Gasteiger partial charge on any atom is 0.255 e. The van der Waals surface area contributed by atoms with Crippen molar-refractivity contribution < 1.29 is 9.21 Å². The maximum absolute atomic E-state index is 12.6. The minimum Gasteiger partial charge on any atom is -0.472 e. The summed E-state index contributed by atoms with van der Waals surface area (Å²) in [5.41, 5.74) is 2.71. The van der Waals surface area contributed by atoms with Gasteiger partial charge in [0.15, 0.2) is 0 Å². The molecule has 0 bridgehead atoms. The van der Waals surface area contributed by atoms with Gasteiger partial charge in [0.05, 0.1) is 30.0 Å². The molecule has 0 aliphatic rings. The Bertz CT molecular complexity index is 972. The number of pyridine rings is 1. The Morgan fingerprint density at radius 2 is 2.28 bits per heavy atom. The lowest BCUT2D eigenvalue weighted by atomic mass is 10.1. The lowest BCUT2D eigenvalue weighted by molar-refractivity contribution is 0.0951. The number of carbonyl (C=O) groups excluding carboxylic acids is 1. The van der Waals surface area contributed by atoms with Gasteiger partial charge in [-0.15, -0.1) is 0 Å². The average molecular weight is 334 g/mol. The molecule has 8 nitrogen and oxygen atoms in total. The van der Waals surface area contributed by atoms with E-state index in [1.807, 2.05) is 12.1 Å². The van der Waals surface area contributed by atoms with Crippen LogP contribution in [0.5, 0.6) is 0 Å². The van der Waals surface area contributed by atoms with Crippen molar-refractivity contribution in [1.29, 1.82) is 0 Å². The summed E-state index contributed by atoms with van der Waals surface area (Å²) in [7, 11) is 0. The molecule has 0 saturated heterocycles. The number of hydrogen-bond acceptors (Lipinski definition) is 5. The van der Waals surface area contributed by atoms with Gasteiger partial charge in [0.2, 0.25) is 0 Å². The van der Waals surface area contributed by atoms with Crippen molar-refractivity contribution in [3.8, 4) is 17.1 Å². The lowest BCUT2D eigenvalue weighted by Gasteiger charge is -2.10. The number of rotatable bonds is 5. The Morgan fingerprint density at radius 1 is 1.32 bits per heavy atom. The Morgan fingerprint density at radius 3 is 3.08 bits per heavy atom. The molecule has 2 N–H and O–H groups in total. The number of aromatic nitrogens is 5. The Hall–Kier alpha value is -3.68. The maximum atomic E-state index is 12.6. The highest BCUT2D eigenvalue weighted by atomic mass is 16.3. The monoisotopic (exact) mass is 334 g/mol. The molecular weight excluding hydrogens is 320 g/mol. The van der Waals surface area contributed by atoms with E-state index >= 15 is 0 Å². The molecule has 0 radical (unpaired) electrons. The van der Waals surface area contributed by atoms with E-state index < -0.39 is 0 Å². The number of carbonyl (C=O) groups is 1. The number of aromatic amines is 1. The number of imidazole rings is 1. The number of nitrogens with zero attached hydrogens (tertiary/aromatic N) is 4. The molecule has 4 aromatic rings. The zero-order valence-corrected chi connectivity index (χ0v) is 13.1. The van der Waals surface area contributed by atoms with E-state index in [1.54, 1.807) is 48.1 Å². The largest absolute Gasteiger partial charge is 0.472 e. The fourth-order valence-corrected chi connectivity index (χ4v) is 2.54. The molecule has 1 amide bonds. The Kier molecular flexibility index (Phi) is 3.83. The molecule has 8 heteroatoms. The van der Waals surface area contributed by atoms with Crippen LogP contribution in [0.1, 0.15) is 15.9 Å². The van der Waals surface area contributed by atoms with Crippen molar-refractivity contribution in [2.45, 2.75) is 6.54 Å². The molecule has 25 heavy (non-hydrogen) atoms. The minimum absolute atomic E-state index is 0.231. The van der Waals surface area contributed by atoms with Crippen molar-refractivity contribution in [1.82, 2.24) is 30.0 Å². The lowest BCUT2D eigenvalue weighted by Crippen LogP contribution is -2.23. The summed E-state index contributed by atoms with van der Waals surface area (Å²) in [5.74, 6) is 0.493. The van der Waals surface area contributed by atoms with Crippen molar-refractivity contribution in [2.24, 2.45) is 0 Å². The number of H-pyrrole nitrogens is 1. The first-order valence-electron chi connectivity index (χ1n) is 7.59. The molecule has 0 aromatic carbocycles. The first kappa shape index (κ1) is 14.9. The van der Waals surface area contributed by atoms with Gasteiger partial charge in [-0.2, -0.15) is 5.10 Å². The predicted octanol–water partition coefficient (Wildman–Crippen LogP) is 2.18. The first-order valence-corrected chi connectivity index (χ1v) is 7.59. The molecule has 4 rings (SSSR count). The molecule has 0 unspecified atom stereocenters. The molecule has 4 aromatic heterocycles. The molecule has 0 aliphatic carbocycles. The topological polar surface area (TPSA) is 102 Å². The molecule has 124 valence electrons. The summed E-state index contributed by atoms with van der Waals surface area (Å²) in [6.45, 7) is 0.330. The van der Waals surface area contributed by atoms with Gasteiger partial charge < -0.3 is 9.73 Å². The van der Waals surface area contributed by atoms with E-state index in [2.05, 4.69) is 25.5 Å².